The number of fused-ring (bicyclic) bond motifs is 1. The molecule has 0 aliphatic carbocycles. The van der Waals surface area contributed by atoms with E-state index in [0.717, 1.165) is 0 Å². The summed E-state index contributed by atoms with van der Waals surface area (Å²) in [5, 5.41) is 8.76. The molecule has 1 aromatic rings. The molecule has 14 heavy (non-hydrogen) atoms. The van der Waals surface area contributed by atoms with Crippen LogP contribution in [0.1, 0.15) is 15.9 Å². The van der Waals surface area contributed by atoms with Crippen LogP contribution in [0.4, 0.5) is 5.69 Å². The van der Waals surface area contributed by atoms with Gasteiger partial charge in [0, 0.05) is 7.05 Å². The van der Waals surface area contributed by atoms with Crippen molar-refractivity contribution in [3.05, 3.63) is 29.3 Å². The Kier molecular flexibility index (Phi) is 1.61. The zero-order valence-electron chi connectivity index (χ0n) is 7.44. The highest BCUT2D eigenvalue weighted by atomic mass is 16.2. The van der Waals surface area contributed by atoms with E-state index in [1.54, 1.807) is 12.1 Å². The first-order valence-electron chi connectivity index (χ1n) is 4.02. The van der Waals surface area contributed by atoms with Crippen molar-refractivity contribution in [2.75, 3.05) is 11.9 Å². The summed E-state index contributed by atoms with van der Waals surface area (Å²) in [6.07, 6.45) is 0. The molecule has 1 aliphatic heterocycles. The number of hydrogen-bond donors (Lipinski definition) is 0. The number of benzene rings is 1. The smallest absolute Gasteiger partial charge is 0.299 e. The Hall–Kier alpha value is -2.15. The van der Waals surface area contributed by atoms with E-state index in [1.807, 2.05) is 6.07 Å². The SMILES string of the molecule is CN1C(=O)C(=O)c2c(C#N)cccc21. The summed E-state index contributed by atoms with van der Waals surface area (Å²) in [6.45, 7) is 0. The monoisotopic (exact) mass is 186 g/mol. The summed E-state index contributed by atoms with van der Waals surface area (Å²) >= 11 is 0. The number of anilines is 1. The molecule has 0 unspecified atom stereocenters. The number of likely N-dealkylation sites (N-methyl/N-ethyl adjacent to an activating group) is 1. The zero-order chi connectivity index (χ0) is 10.3. The van der Waals surface area contributed by atoms with E-state index in [9.17, 15) is 9.59 Å². The summed E-state index contributed by atoms with van der Waals surface area (Å²) in [6, 6.07) is 6.73. The average Bonchev–Trinajstić information content (AvgIpc) is 2.44. The van der Waals surface area contributed by atoms with Crippen molar-refractivity contribution in [2.45, 2.75) is 0 Å². The first kappa shape index (κ1) is 8.45. The lowest BCUT2D eigenvalue weighted by Crippen LogP contribution is -2.24. The molecule has 1 aromatic carbocycles. The molecule has 4 heteroatoms. The van der Waals surface area contributed by atoms with Crippen molar-refractivity contribution in [1.29, 1.82) is 5.26 Å². The molecule has 0 aromatic heterocycles. The summed E-state index contributed by atoms with van der Waals surface area (Å²) in [5.74, 6) is -1.18. The molecule has 0 radical (unpaired) electrons. The van der Waals surface area contributed by atoms with Gasteiger partial charge in [-0.1, -0.05) is 6.07 Å². The second-order valence-electron chi connectivity index (χ2n) is 3.00. The van der Waals surface area contributed by atoms with E-state index in [4.69, 9.17) is 5.26 Å². The number of nitriles is 1. The molecule has 0 fully saturated rings. The number of amides is 1. The number of ketones is 1. The van der Waals surface area contributed by atoms with Crippen LogP contribution in [0.2, 0.25) is 0 Å². The second kappa shape index (κ2) is 2.67. The Bertz CT molecular complexity index is 485. The molecule has 0 bridgehead atoms. The predicted octanol–water partition coefficient (Wildman–Crippen LogP) is 0.717. The van der Waals surface area contributed by atoms with Gasteiger partial charge in [0.1, 0.15) is 0 Å². The fourth-order valence-electron chi connectivity index (χ4n) is 1.52. The molecule has 0 spiro atoms. The Morgan fingerprint density at radius 2 is 2.07 bits per heavy atom. The maximum Gasteiger partial charge on any atom is 0.299 e. The highest BCUT2D eigenvalue weighted by molar-refractivity contribution is 6.52. The number of hydrogen-bond acceptors (Lipinski definition) is 3. The fraction of sp³-hybridized carbons (Fsp3) is 0.100. The third-order valence-corrected chi connectivity index (χ3v) is 2.25. The molecule has 2 rings (SSSR count). The standard InChI is InChI=1S/C10H6N2O2/c1-12-7-4-2-3-6(5-11)8(7)9(13)10(12)14/h2-4H,1H3. The van der Waals surface area contributed by atoms with Gasteiger partial charge < -0.3 is 4.90 Å². The molecular formula is C10H6N2O2. The van der Waals surface area contributed by atoms with Crippen molar-refractivity contribution < 1.29 is 9.59 Å². The Balaban J connectivity index is 2.77. The maximum absolute atomic E-state index is 11.4. The third-order valence-electron chi connectivity index (χ3n) is 2.25. The van der Waals surface area contributed by atoms with Gasteiger partial charge in [0.05, 0.1) is 22.9 Å². The number of Topliss-reactive ketones (excluding diaryl/α,β-unsaturated/α-hetero) is 1. The first-order chi connectivity index (χ1) is 6.66. The molecule has 0 saturated carbocycles. The molecule has 1 aliphatic rings. The van der Waals surface area contributed by atoms with Gasteiger partial charge in [-0.05, 0) is 12.1 Å². The summed E-state index contributed by atoms with van der Waals surface area (Å²) in [5.41, 5.74) is 0.992. The van der Waals surface area contributed by atoms with Gasteiger partial charge in [-0.2, -0.15) is 5.26 Å². The molecule has 4 nitrogen and oxygen atoms in total. The predicted molar refractivity (Wildman–Crippen MR) is 48.9 cm³/mol. The molecule has 0 N–H and O–H groups in total. The second-order valence-corrected chi connectivity index (χ2v) is 3.00. The molecular weight excluding hydrogens is 180 g/mol. The third kappa shape index (κ3) is 0.866. The molecule has 68 valence electrons. The van der Waals surface area contributed by atoms with E-state index in [2.05, 4.69) is 0 Å². The van der Waals surface area contributed by atoms with Crippen molar-refractivity contribution in [2.24, 2.45) is 0 Å². The van der Waals surface area contributed by atoms with Crippen LogP contribution in [0.15, 0.2) is 18.2 Å². The van der Waals surface area contributed by atoms with Crippen molar-refractivity contribution in [3.8, 4) is 6.07 Å². The number of carbonyl (C=O) groups excluding carboxylic acids is 2. The van der Waals surface area contributed by atoms with Gasteiger partial charge in [-0.15, -0.1) is 0 Å². The average molecular weight is 186 g/mol. The quantitative estimate of drug-likeness (QED) is 0.561. The number of rotatable bonds is 0. The minimum Gasteiger partial charge on any atom is -0.308 e. The van der Waals surface area contributed by atoms with Crippen molar-refractivity contribution >= 4 is 17.4 Å². The topological polar surface area (TPSA) is 61.2 Å². The zero-order valence-corrected chi connectivity index (χ0v) is 7.44. The van der Waals surface area contributed by atoms with E-state index in [0.29, 0.717) is 5.69 Å². The Morgan fingerprint density at radius 1 is 1.36 bits per heavy atom. The van der Waals surface area contributed by atoms with E-state index in [-0.39, 0.29) is 11.1 Å². The largest absolute Gasteiger partial charge is 0.308 e. The van der Waals surface area contributed by atoms with Crippen LogP contribution in [-0.2, 0) is 4.79 Å². The molecule has 1 heterocycles. The molecule has 1 amide bonds. The highest BCUT2D eigenvalue weighted by Crippen LogP contribution is 2.29. The molecule has 0 saturated heterocycles. The van der Waals surface area contributed by atoms with Gasteiger partial charge in [-0.25, -0.2) is 0 Å². The van der Waals surface area contributed by atoms with Crippen LogP contribution in [0.25, 0.3) is 0 Å². The minimum absolute atomic E-state index is 0.225. The maximum atomic E-state index is 11.4. The summed E-state index contributed by atoms with van der Waals surface area (Å²) in [4.78, 5) is 24.0. The first-order valence-corrected chi connectivity index (χ1v) is 4.02. The van der Waals surface area contributed by atoms with Crippen LogP contribution < -0.4 is 4.90 Å². The van der Waals surface area contributed by atoms with Gasteiger partial charge in [0.25, 0.3) is 11.7 Å². The van der Waals surface area contributed by atoms with Gasteiger partial charge in [0.15, 0.2) is 0 Å². The van der Waals surface area contributed by atoms with Gasteiger partial charge in [0.2, 0.25) is 0 Å². The molecule has 0 atom stereocenters. The minimum atomic E-state index is -0.598. The summed E-state index contributed by atoms with van der Waals surface area (Å²) in [7, 11) is 1.52. The van der Waals surface area contributed by atoms with E-state index >= 15 is 0 Å². The lowest BCUT2D eigenvalue weighted by Gasteiger charge is -2.07. The van der Waals surface area contributed by atoms with Crippen LogP contribution in [-0.4, -0.2) is 18.7 Å². The normalized spacial score (nSPS) is 14.1. The number of nitrogens with zero attached hydrogens (tertiary/aromatic N) is 2. The summed E-state index contributed by atoms with van der Waals surface area (Å²) < 4.78 is 0. The van der Waals surface area contributed by atoms with Crippen molar-refractivity contribution in [1.82, 2.24) is 0 Å². The van der Waals surface area contributed by atoms with Crippen LogP contribution in [0.3, 0.4) is 0 Å². The van der Waals surface area contributed by atoms with Crippen LogP contribution >= 0.6 is 0 Å². The lowest BCUT2D eigenvalue weighted by atomic mass is 10.1. The van der Waals surface area contributed by atoms with Crippen LogP contribution in [0.5, 0.6) is 0 Å². The Morgan fingerprint density at radius 3 is 2.71 bits per heavy atom. The van der Waals surface area contributed by atoms with Gasteiger partial charge >= 0.3 is 0 Å². The highest BCUT2D eigenvalue weighted by Gasteiger charge is 2.35. The lowest BCUT2D eigenvalue weighted by molar-refractivity contribution is -0.114. The van der Waals surface area contributed by atoms with Crippen molar-refractivity contribution in [3.63, 3.8) is 0 Å². The van der Waals surface area contributed by atoms with E-state index < -0.39 is 11.7 Å². The fourth-order valence-corrected chi connectivity index (χ4v) is 1.52. The number of carbonyl (C=O) groups is 2. The Labute approximate surface area is 80.4 Å². The van der Waals surface area contributed by atoms with Crippen LogP contribution in [0, 0.1) is 11.3 Å². The van der Waals surface area contributed by atoms with E-state index in [1.165, 1.54) is 18.0 Å². The van der Waals surface area contributed by atoms with Gasteiger partial charge in [-0.3, -0.25) is 9.59 Å².